The van der Waals surface area contributed by atoms with Gasteiger partial charge in [0, 0.05) is 11.6 Å². The highest BCUT2D eigenvalue weighted by atomic mass is 16.5. The van der Waals surface area contributed by atoms with Crippen molar-refractivity contribution in [3.8, 4) is 11.5 Å². The Kier molecular flexibility index (Phi) is 7.27. The van der Waals surface area contributed by atoms with E-state index in [1.807, 2.05) is 31.2 Å². The van der Waals surface area contributed by atoms with Crippen molar-refractivity contribution in [2.24, 2.45) is 0 Å². The number of amides is 2. The number of carbonyl (C=O) groups excluding carboxylic acids is 2. The molecule has 7 nitrogen and oxygen atoms in total. The van der Waals surface area contributed by atoms with Crippen LogP contribution in [0.2, 0.25) is 0 Å². The summed E-state index contributed by atoms with van der Waals surface area (Å²) in [4.78, 5) is 23.9. The molecule has 3 rings (SSSR count). The van der Waals surface area contributed by atoms with Crippen LogP contribution in [0.3, 0.4) is 0 Å². The fourth-order valence-electron chi connectivity index (χ4n) is 2.49. The highest BCUT2D eigenvalue weighted by Crippen LogP contribution is 2.18. The highest BCUT2D eigenvalue weighted by molar-refractivity contribution is 5.97. The molecule has 0 aliphatic rings. The molecule has 3 aromatic rings. The van der Waals surface area contributed by atoms with Gasteiger partial charge in [0.2, 0.25) is 0 Å². The van der Waals surface area contributed by atoms with E-state index < -0.39 is 11.8 Å². The number of ether oxygens (including phenoxy) is 2. The Morgan fingerprint density at radius 1 is 0.933 bits per heavy atom. The lowest BCUT2D eigenvalue weighted by atomic mass is 10.1. The lowest BCUT2D eigenvalue weighted by Crippen LogP contribution is -2.40. The molecule has 0 bridgehead atoms. The summed E-state index contributed by atoms with van der Waals surface area (Å²) in [7, 11) is 0. The Morgan fingerprint density at radius 2 is 1.63 bits per heavy atom. The van der Waals surface area contributed by atoms with Crippen LogP contribution in [0.25, 0.3) is 6.08 Å². The number of hydrazine groups is 1. The van der Waals surface area contributed by atoms with Crippen LogP contribution in [0.15, 0.2) is 77.4 Å². The minimum absolute atomic E-state index is 0.365. The van der Waals surface area contributed by atoms with Crippen LogP contribution in [-0.2, 0) is 11.4 Å². The molecule has 0 saturated heterocycles. The molecule has 154 valence electrons. The Bertz CT molecular complexity index is 977. The molecule has 2 N–H and O–H groups in total. The number of hydrogen-bond acceptors (Lipinski definition) is 5. The molecule has 0 fully saturated rings. The molecule has 0 radical (unpaired) electrons. The van der Waals surface area contributed by atoms with Gasteiger partial charge in [0.05, 0.1) is 12.9 Å². The van der Waals surface area contributed by atoms with Crippen LogP contribution in [0.5, 0.6) is 11.5 Å². The van der Waals surface area contributed by atoms with E-state index in [1.54, 1.807) is 36.4 Å². The van der Waals surface area contributed by atoms with Gasteiger partial charge in [-0.3, -0.25) is 20.4 Å². The number of hydrogen-bond donors (Lipinski definition) is 2. The van der Waals surface area contributed by atoms with Crippen molar-refractivity contribution in [1.82, 2.24) is 10.9 Å². The molecule has 0 aliphatic heterocycles. The van der Waals surface area contributed by atoms with E-state index in [0.29, 0.717) is 24.5 Å². The zero-order valence-electron chi connectivity index (χ0n) is 16.5. The molecule has 0 spiro atoms. The van der Waals surface area contributed by atoms with Crippen LogP contribution in [0.1, 0.15) is 28.6 Å². The van der Waals surface area contributed by atoms with E-state index in [4.69, 9.17) is 13.9 Å². The van der Waals surface area contributed by atoms with E-state index in [2.05, 4.69) is 10.9 Å². The fraction of sp³-hybridized carbons (Fsp3) is 0.130. The van der Waals surface area contributed by atoms with Gasteiger partial charge < -0.3 is 13.9 Å². The topological polar surface area (TPSA) is 89.8 Å². The molecule has 0 saturated carbocycles. The number of carbonyl (C=O) groups is 2. The fourth-order valence-corrected chi connectivity index (χ4v) is 2.49. The maximum absolute atomic E-state index is 12.1. The monoisotopic (exact) mass is 406 g/mol. The van der Waals surface area contributed by atoms with Gasteiger partial charge in [-0.25, -0.2) is 0 Å². The van der Waals surface area contributed by atoms with E-state index in [1.165, 1.54) is 18.4 Å². The summed E-state index contributed by atoms with van der Waals surface area (Å²) in [5.74, 6) is 1.17. The summed E-state index contributed by atoms with van der Waals surface area (Å²) in [6.45, 7) is 2.91. The van der Waals surface area contributed by atoms with Crippen LogP contribution >= 0.6 is 0 Å². The van der Waals surface area contributed by atoms with Gasteiger partial charge in [-0.05, 0) is 67.1 Å². The van der Waals surface area contributed by atoms with Crippen LogP contribution in [0, 0.1) is 0 Å². The van der Waals surface area contributed by atoms with Gasteiger partial charge in [0.25, 0.3) is 11.8 Å². The first kappa shape index (κ1) is 20.7. The standard InChI is InChI=1S/C23H22N2O5/c1-2-28-20-9-11-21(12-10-20)30-16-17-5-7-18(8-6-17)23(27)25-24-22(26)14-13-19-4-3-15-29-19/h3-15H,2,16H2,1H3,(H,24,26)(H,25,27). The van der Waals surface area contributed by atoms with Crippen molar-refractivity contribution in [2.45, 2.75) is 13.5 Å². The van der Waals surface area contributed by atoms with E-state index in [-0.39, 0.29) is 0 Å². The Balaban J connectivity index is 1.45. The second-order valence-corrected chi connectivity index (χ2v) is 6.18. The minimum atomic E-state index is -0.472. The Hall–Kier alpha value is -4.00. The Labute approximate surface area is 174 Å². The molecular formula is C23H22N2O5. The van der Waals surface area contributed by atoms with Crippen molar-refractivity contribution in [1.29, 1.82) is 0 Å². The van der Waals surface area contributed by atoms with Gasteiger partial charge in [-0.2, -0.15) is 0 Å². The third-order valence-corrected chi connectivity index (χ3v) is 4.00. The quantitative estimate of drug-likeness (QED) is 0.439. The van der Waals surface area contributed by atoms with E-state index in [9.17, 15) is 9.59 Å². The lowest BCUT2D eigenvalue weighted by Gasteiger charge is -2.09. The summed E-state index contributed by atoms with van der Waals surface area (Å²) in [5, 5.41) is 0. The molecule has 7 heteroatoms. The zero-order valence-corrected chi connectivity index (χ0v) is 16.5. The number of nitrogens with one attached hydrogen (secondary N) is 2. The third kappa shape index (κ3) is 6.27. The zero-order chi connectivity index (χ0) is 21.2. The van der Waals surface area contributed by atoms with Crippen molar-refractivity contribution >= 4 is 17.9 Å². The van der Waals surface area contributed by atoms with Crippen LogP contribution in [0.4, 0.5) is 0 Å². The van der Waals surface area contributed by atoms with Crippen LogP contribution < -0.4 is 20.3 Å². The molecule has 1 heterocycles. The third-order valence-electron chi connectivity index (χ3n) is 4.00. The van der Waals surface area contributed by atoms with Crippen molar-refractivity contribution in [3.63, 3.8) is 0 Å². The molecule has 30 heavy (non-hydrogen) atoms. The molecule has 1 aromatic heterocycles. The molecule has 0 atom stereocenters. The molecule has 2 aromatic carbocycles. The Morgan fingerprint density at radius 3 is 2.27 bits per heavy atom. The largest absolute Gasteiger partial charge is 0.494 e. The van der Waals surface area contributed by atoms with E-state index >= 15 is 0 Å². The smallest absolute Gasteiger partial charge is 0.269 e. The van der Waals surface area contributed by atoms with Crippen molar-refractivity contribution in [3.05, 3.63) is 89.9 Å². The summed E-state index contributed by atoms with van der Waals surface area (Å²) >= 11 is 0. The summed E-state index contributed by atoms with van der Waals surface area (Å²) in [5.41, 5.74) is 5.99. The number of furan rings is 1. The SMILES string of the molecule is CCOc1ccc(OCc2ccc(C(=O)NNC(=O)C=Cc3ccco3)cc2)cc1. The highest BCUT2D eigenvalue weighted by Gasteiger charge is 2.06. The minimum Gasteiger partial charge on any atom is -0.494 e. The predicted octanol–water partition coefficient (Wildman–Crippen LogP) is 3.73. The molecule has 0 aliphatic carbocycles. The van der Waals surface area contributed by atoms with Crippen molar-refractivity contribution in [2.75, 3.05) is 6.61 Å². The van der Waals surface area contributed by atoms with Crippen molar-refractivity contribution < 1.29 is 23.5 Å². The second kappa shape index (κ2) is 10.5. The molecule has 0 unspecified atom stereocenters. The predicted molar refractivity (Wildman–Crippen MR) is 112 cm³/mol. The number of benzene rings is 2. The van der Waals surface area contributed by atoms with Gasteiger partial charge in [0.15, 0.2) is 0 Å². The number of rotatable bonds is 8. The first-order chi connectivity index (χ1) is 14.6. The first-order valence-corrected chi connectivity index (χ1v) is 9.40. The van der Waals surface area contributed by atoms with E-state index in [0.717, 1.165) is 17.1 Å². The molecule has 2 amide bonds. The van der Waals surface area contributed by atoms with Gasteiger partial charge in [-0.15, -0.1) is 0 Å². The maximum atomic E-state index is 12.1. The molecular weight excluding hydrogens is 384 g/mol. The lowest BCUT2D eigenvalue weighted by molar-refractivity contribution is -0.117. The summed E-state index contributed by atoms with van der Waals surface area (Å²) in [6, 6.07) is 17.7. The maximum Gasteiger partial charge on any atom is 0.269 e. The van der Waals surface area contributed by atoms with Gasteiger partial charge in [0.1, 0.15) is 23.9 Å². The van der Waals surface area contributed by atoms with Crippen LogP contribution in [-0.4, -0.2) is 18.4 Å². The van der Waals surface area contributed by atoms with Gasteiger partial charge >= 0.3 is 0 Å². The second-order valence-electron chi connectivity index (χ2n) is 6.18. The van der Waals surface area contributed by atoms with Gasteiger partial charge in [-0.1, -0.05) is 12.1 Å². The average Bonchev–Trinajstić information content (AvgIpc) is 3.30. The average molecular weight is 406 g/mol. The first-order valence-electron chi connectivity index (χ1n) is 9.40. The summed E-state index contributed by atoms with van der Waals surface area (Å²) < 4.78 is 16.2. The normalized spacial score (nSPS) is 10.6. The summed E-state index contributed by atoms with van der Waals surface area (Å²) in [6.07, 6.45) is 4.27.